The average Bonchev–Trinajstić information content (AvgIpc) is 2.80. The number of aromatic nitrogens is 3. The van der Waals surface area contributed by atoms with Crippen LogP contribution in [-0.2, 0) is 12.3 Å². The highest BCUT2D eigenvalue weighted by atomic mass is 19.3. The fourth-order valence-corrected chi connectivity index (χ4v) is 2.90. The summed E-state index contributed by atoms with van der Waals surface area (Å²) in [7, 11) is 0. The SMILES string of the molecule is CC.CC(C)n1nnc2c1C(F)(F)CC(C)(C)CCCC2. The fourth-order valence-electron chi connectivity index (χ4n) is 2.90. The van der Waals surface area contributed by atoms with Crippen LogP contribution in [0, 0.1) is 5.41 Å². The number of hydrogen-bond acceptors (Lipinski definition) is 2. The second kappa shape index (κ2) is 6.84. The highest BCUT2D eigenvalue weighted by Crippen LogP contribution is 2.44. The van der Waals surface area contributed by atoms with Crippen molar-refractivity contribution in [1.29, 1.82) is 0 Å². The minimum Gasteiger partial charge on any atom is -0.240 e. The first-order valence-corrected chi connectivity index (χ1v) is 8.05. The molecule has 2 rings (SSSR count). The molecule has 0 unspecified atom stereocenters. The van der Waals surface area contributed by atoms with Crippen LogP contribution in [0.1, 0.15) is 84.7 Å². The van der Waals surface area contributed by atoms with Gasteiger partial charge in [-0.15, -0.1) is 5.10 Å². The molecule has 0 saturated heterocycles. The molecule has 1 aliphatic rings. The maximum absolute atomic E-state index is 14.7. The first kappa shape index (κ1) is 18.1. The van der Waals surface area contributed by atoms with Gasteiger partial charge in [0, 0.05) is 12.5 Å². The van der Waals surface area contributed by atoms with Gasteiger partial charge in [0.25, 0.3) is 5.92 Å². The van der Waals surface area contributed by atoms with E-state index in [1.807, 2.05) is 41.5 Å². The van der Waals surface area contributed by atoms with E-state index in [1.165, 1.54) is 4.68 Å². The maximum Gasteiger partial charge on any atom is 0.291 e. The van der Waals surface area contributed by atoms with E-state index in [0.29, 0.717) is 12.1 Å². The van der Waals surface area contributed by atoms with Crippen LogP contribution in [0.5, 0.6) is 0 Å². The number of fused-ring (bicyclic) bond motifs is 1. The molecule has 1 aromatic rings. The Balaban J connectivity index is 0.00000106. The Kier molecular flexibility index (Phi) is 5.88. The molecule has 122 valence electrons. The quantitative estimate of drug-likeness (QED) is 0.720. The van der Waals surface area contributed by atoms with E-state index < -0.39 is 5.92 Å². The van der Waals surface area contributed by atoms with Crippen LogP contribution in [-0.4, -0.2) is 15.0 Å². The third kappa shape index (κ3) is 4.24. The van der Waals surface area contributed by atoms with E-state index in [4.69, 9.17) is 0 Å². The predicted octanol–water partition coefficient (Wildman–Crippen LogP) is 5.12. The van der Waals surface area contributed by atoms with Crippen molar-refractivity contribution in [1.82, 2.24) is 15.0 Å². The smallest absolute Gasteiger partial charge is 0.240 e. The lowest BCUT2D eigenvalue weighted by molar-refractivity contribution is -0.0553. The first-order chi connectivity index (χ1) is 9.73. The number of halogens is 2. The summed E-state index contributed by atoms with van der Waals surface area (Å²) < 4.78 is 30.7. The summed E-state index contributed by atoms with van der Waals surface area (Å²) in [6, 6.07) is -0.0917. The van der Waals surface area contributed by atoms with E-state index in [2.05, 4.69) is 10.3 Å². The van der Waals surface area contributed by atoms with Gasteiger partial charge in [0.1, 0.15) is 5.69 Å². The Morgan fingerprint density at radius 2 is 1.76 bits per heavy atom. The largest absolute Gasteiger partial charge is 0.291 e. The number of hydrogen-bond donors (Lipinski definition) is 0. The molecule has 0 saturated carbocycles. The van der Waals surface area contributed by atoms with Gasteiger partial charge in [-0.25, -0.2) is 4.68 Å². The molecule has 0 bridgehead atoms. The molecule has 3 nitrogen and oxygen atoms in total. The summed E-state index contributed by atoms with van der Waals surface area (Å²) >= 11 is 0. The van der Waals surface area contributed by atoms with Crippen molar-refractivity contribution in [3.63, 3.8) is 0 Å². The van der Waals surface area contributed by atoms with Crippen LogP contribution in [0.15, 0.2) is 0 Å². The summed E-state index contributed by atoms with van der Waals surface area (Å²) in [6.07, 6.45) is 3.18. The lowest BCUT2D eigenvalue weighted by Gasteiger charge is -2.29. The molecule has 5 heteroatoms. The van der Waals surface area contributed by atoms with Gasteiger partial charge in [-0.05, 0) is 38.5 Å². The summed E-state index contributed by atoms with van der Waals surface area (Å²) in [5, 5.41) is 7.94. The summed E-state index contributed by atoms with van der Waals surface area (Å²) in [5.41, 5.74) is 0.172. The van der Waals surface area contributed by atoms with Gasteiger partial charge in [-0.2, -0.15) is 8.78 Å². The Morgan fingerprint density at radius 3 is 2.33 bits per heavy atom. The van der Waals surface area contributed by atoms with Gasteiger partial charge in [0.05, 0.1) is 5.69 Å². The average molecular weight is 301 g/mol. The van der Waals surface area contributed by atoms with Crippen molar-refractivity contribution in [2.24, 2.45) is 5.41 Å². The van der Waals surface area contributed by atoms with Crippen molar-refractivity contribution < 1.29 is 8.78 Å². The molecule has 1 aromatic heterocycles. The molecule has 0 radical (unpaired) electrons. The molecule has 1 heterocycles. The zero-order valence-electron chi connectivity index (χ0n) is 14.2. The van der Waals surface area contributed by atoms with Gasteiger partial charge < -0.3 is 0 Å². The topological polar surface area (TPSA) is 30.7 Å². The standard InChI is InChI=1S/C14H23F2N3.C2H6/c1-10(2)19-12-11(17-18-19)7-5-6-8-13(3,4)9-14(12,15)16;1-2/h10H,5-9H2,1-4H3;1-2H3. The van der Waals surface area contributed by atoms with Crippen LogP contribution in [0.2, 0.25) is 0 Å². The van der Waals surface area contributed by atoms with Crippen molar-refractivity contribution in [2.45, 2.75) is 85.6 Å². The minimum absolute atomic E-state index is 0.0393. The molecule has 0 spiro atoms. The molecule has 0 atom stereocenters. The van der Waals surface area contributed by atoms with Gasteiger partial charge in [0.15, 0.2) is 0 Å². The number of aryl methyl sites for hydroxylation is 1. The van der Waals surface area contributed by atoms with Crippen molar-refractivity contribution >= 4 is 0 Å². The van der Waals surface area contributed by atoms with Gasteiger partial charge >= 0.3 is 0 Å². The Hall–Kier alpha value is -1.00. The second-order valence-corrected chi connectivity index (χ2v) is 6.68. The molecule has 21 heavy (non-hydrogen) atoms. The zero-order chi connectivity index (χ0) is 16.3. The third-order valence-corrected chi connectivity index (χ3v) is 3.82. The molecular weight excluding hydrogens is 272 g/mol. The Bertz CT molecular complexity index is 450. The molecule has 0 N–H and O–H groups in total. The van der Waals surface area contributed by atoms with Crippen molar-refractivity contribution in [2.75, 3.05) is 0 Å². The summed E-state index contributed by atoms with van der Waals surface area (Å²) in [4.78, 5) is 0. The van der Waals surface area contributed by atoms with Gasteiger partial charge in [0.2, 0.25) is 0 Å². The molecule has 0 aliphatic heterocycles. The Morgan fingerprint density at radius 1 is 1.14 bits per heavy atom. The van der Waals surface area contributed by atoms with E-state index in [-0.39, 0.29) is 23.6 Å². The number of alkyl halides is 2. The minimum atomic E-state index is -2.85. The third-order valence-electron chi connectivity index (χ3n) is 3.82. The molecule has 0 fully saturated rings. The van der Waals surface area contributed by atoms with E-state index in [9.17, 15) is 8.78 Å². The zero-order valence-corrected chi connectivity index (χ0v) is 14.2. The Labute approximate surface area is 127 Å². The van der Waals surface area contributed by atoms with Crippen LogP contribution in [0.3, 0.4) is 0 Å². The van der Waals surface area contributed by atoms with Crippen molar-refractivity contribution in [3.8, 4) is 0 Å². The second-order valence-electron chi connectivity index (χ2n) is 6.68. The van der Waals surface area contributed by atoms with Gasteiger partial charge in [-0.3, -0.25) is 0 Å². The summed E-state index contributed by atoms with van der Waals surface area (Å²) in [6.45, 7) is 11.6. The first-order valence-electron chi connectivity index (χ1n) is 8.05. The normalized spacial score (nSPS) is 20.6. The van der Waals surface area contributed by atoms with E-state index >= 15 is 0 Å². The molecular formula is C16H29F2N3. The monoisotopic (exact) mass is 301 g/mol. The van der Waals surface area contributed by atoms with Crippen LogP contribution < -0.4 is 0 Å². The number of rotatable bonds is 1. The maximum atomic E-state index is 14.7. The lowest BCUT2D eigenvalue weighted by atomic mass is 9.81. The highest BCUT2D eigenvalue weighted by molar-refractivity contribution is 5.18. The fraction of sp³-hybridized carbons (Fsp3) is 0.875. The number of nitrogens with zero attached hydrogens (tertiary/aromatic N) is 3. The molecule has 1 aliphatic carbocycles. The highest BCUT2D eigenvalue weighted by Gasteiger charge is 2.44. The van der Waals surface area contributed by atoms with Crippen molar-refractivity contribution in [3.05, 3.63) is 11.4 Å². The van der Waals surface area contributed by atoms with Crippen LogP contribution in [0.4, 0.5) is 8.78 Å². The molecule has 0 amide bonds. The van der Waals surface area contributed by atoms with E-state index in [1.54, 1.807) is 0 Å². The van der Waals surface area contributed by atoms with Gasteiger partial charge in [-0.1, -0.05) is 39.3 Å². The van der Waals surface area contributed by atoms with E-state index in [0.717, 1.165) is 19.3 Å². The lowest BCUT2D eigenvalue weighted by Crippen LogP contribution is -2.28. The molecule has 0 aromatic carbocycles. The van der Waals surface area contributed by atoms with Crippen LogP contribution >= 0.6 is 0 Å². The predicted molar refractivity (Wildman–Crippen MR) is 81.6 cm³/mol. The van der Waals surface area contributed by atoms with Crippen LogP contribution in [0.25, 0.3) is 0 Å². The summed E-state index contributed by atoms with van der Waals surface area (Å²) in [5.74, 6) is -2.85.